The quantitative estimate of drug-likeness (QED) is 0.443. The summed E-state index contributed by atoms with van der Waals surface area (Å²) in [6.07, 6.45) is 0. The molecule has 2 rings (SSSR count). The fourth-order valence-corrected chi connectivity index (χ4v) is 4.70. The van der Waals surface area contributed by atoms with Crippen molar-refractivity contribution in [2.24, 2.45) is 8.94 Å². The van der Waals surface area contributed by atoms with Gasteiger partial charge in [-0.1, -0.05) is 0 Å². The van der Waals surface area contributed by atoms with Gasteiger partial charge in [0.1, 0.15) is 0 Å². The van der Waals surface area contributed by atoms with Gasteiger partial charge in [-0.05, 0) is 0 Å². The number of halogens is 3. The maximum absolute atomic E-state index is 13.2. The number of hydrogen-bond donors (Lipinski definition) is 1. The number of rotatable bonds is 0. The predicted molar refractivity (Wildman–Crippen MR) is 55.7 cm³/mol. The standard InChI is InChI=1S/C8H7F2IN2/c1-11-7-5(8(12)13-11)2-4(9)3-6(7)10/h2-3H,1H3,(H2,12,13). The number of benzene rings is 1. The molecule has 2 nitrogen and oxygen atoms in total. The van der Waals surface area contributed by atoms with Crippen LogP contribution in [0.4, 0.5) is 8.78 Å². The first-order chi connectivity index (χ1) is 6.09. The number of amidine groups is 1. The van der Waals surface area contributed by atoms with Crippen molar-refractivity contribution in [3.8, 4) is 0 Å². The van der Waals surface area contributed by atoms with Crippen LogP contribution < -0.4 is 5.73 Å². The van der Waals surface area contributed by atoms with Gasteiger partial charge in [0.25, 0.3) is 0 Å². The molecule has 1 heterocycles. The first-order valence-electron chi connectivity index (χ1n) is 3.53. The summed E-state index contributed by atoms with van der Waals surface area (Å²) in [5.41, 5.74) is 5.98. The molecule has 0 radical (unpaired) electrons. The fraction of sp³-hybridized carbons (Fsp3) is 0.125. The molecular formula is C8H7F2IN2. The van der Waals surface area contributed by atoms with Crippen LogP contribution in [0.1, 0.15) is 5.56 Å². The molecule has 13 heavy (non-hydrogen) atoms. The van der Waals surface area contributed by atoms with E-state index in [1.165, 1.54) is 6.07 Å². The van der Waals surface area contributed by atoms with Gasteiger partial charge in [-0.25, -0.2) is 0 Å². The van der Waals surface area contributed by atoms with E-state index in [9.17, 15) is 8.78 Å². The van der Waals surface area contributed by atoms with Gasteiger partial charge in [0.2, 0.25) is 0 Å². The monoisotopic (exact) mass is 296 g/mol. The van der Waals surface area contributed by atoms with E-state index in [1.54, 1.807) is 0 Å². The van der Waals surface area contributed by atoms with Gasteiger partial charge in [0, 0.05) is 0 Å². The summed E-state index contributed by atoms with van der Waals surface area (Å²) in [7, 11) is 0. The molecule has 0 atom stereocenters. The zero-order valence-electron chi connectivity index (χ0n) is 6.81. The molecule has 1 aromatic carbocycles. The molecule has 1 aliphatic heterocycles. The minimum atomic E-state index is -1.81. The molecule has 0 unspecified atom stereocenters. The number of alkyl halides is 1. The third-order valence-electron chi connectivity index (χ3n) is 1.76. The van der Waals surface area contributed by atoms with Gasteiger partial charge in [0.15, 0.2) is 0 Å². The second kappa shape index (κ2) is 2.90. The molecule has 5 heteroatoms. The Bertz CT molecular complexity index is 403. The van der Waals surface area contributed by atoms with Crippen molar-refractivity contribution in [3.63, 3.8) is 0 Å². The van der Waals surface area contributed by atoms with Crippen LogP contribution in [0, 0.1) is 15.2 Å². The van der Waals surface area contributed by atoms with Crippen molar-refractivity contribution in [2.75, 3.05) is 4.93 Å². The SMILES string of the molecule is CI1N=C(N)c2cc(F)cc(F)c21. The Labute approximate surface area is 81.6 Å². The van der Waals surface area contributed by atoms with Crippen molar-refractivity contribution in [1.82, 2.24) is 0 Å². The average molecular weight is 296 g/mol. The van der Waals surface area contributed by atoms with Crippen molar-refractivity contribution in [3.05, 3.63) is 32.9 Å². The van der Waals surface area contributed by atoms with Crippen molar-refractivity contribution in [2.45, 2.75) is 0 Å². The van der Waals surface area contributed by atoms with Crippen molar-refractivity contribution in [1.29, 1.82) is 0 Å². The van der Waals surface area contributed by atoms with E-state index < -0.39 is 31.7 Å². The molecular weight excluding hydrogens is 289 g/mol. The molecule has 0 saturated heterocycles. The van der Waals surface area contributed by atoms with Crippen LogP contribution in [0.2, 0.25) is 0 Å². The van der Waals surface area contributed by atoms with Gasteiger partial charge in [-0.3, -0.25) is 0 Å². The molecule has 1 aromatic rings. The van der Waals surface area contributed by atoms with E-state index in [0.29, 0.717) is 9.13 Å². The molecule has 0 spiro atoms. The fourth-order valence-electron chi connectivity index (χ4n) is 1.24. The van der Waals surface area contributed by atoms with Gasteiger partial charge in [0.05, 0.1) is 0 Å². The number of nitrogens with two attached hydrogens (primary N) is 1. The van der Waals surface area contributed by atoms with Crippen LogP contribution in [-0.4, -0.2) is 10.8 Å². The van der Waals surface area contributed by atoms with Crippen LogP contribution in [0.3, 0.4) is 0 Å². The molecule has 0 bridgehead atoms. The van der Waals surface area contributed by atoms with E-state index in [-0.39, 0.29) is 5.84 Å². The molecule has 2 N–H and O–H groups in total. The maximum atomic E-state index is 13.2. The zero-order chi connectivity index (χ0) is 9.59. The molecule has 0 fully saturated rings. The third-order valence-corrected chi connectivity index (χ3v) is 5.66. The Hall–Kier alpha value is -0.720. The Morgan fingerprint density at radius 2 is 2.08 bits per heavy atom. The van der Waals surface area contributed by atoms with E-state index >= 15 is 0 Å². The van der Waals surface area contributed by atoms with Crippen molar-refractivity contribution < 1.29 is 8.78 Å². The molecule has 0 saturated carbocycles. The average Bonchev–Trinajstić information content (AvgIpc) is 2.27. The summed E-state index contributed by atoms with van der Waals surface area (Å²) >= 11 is -1.81. The normalized spacial score (nSPS) is 17.2. The molecule has 70 valence electrons. The number of hydrogen-bond acceptors (Lipinski definition) is 2. The van der Waals surface area contributed by atoms with Crippen molar-refractivity contribution >= 4 is 25.9 Å². The van der Waals surface area contributed by atoms with Crippen LogP contribution in [0.5, 0.6) is 0 Å². The van der Waals surface area contributed by atoms with Gasteiger partial charge in [-0.15, -0.1) is 0 Å². The predicted octanol–water partition coefficient (Wildman–Crippen LogP) is 1.90. The number of fused-ring (bicyclic) bond motifs is 1. The second-order valence-electron chi connectivity index (χ2n) is 2.66. The van der Waals surface area contributed by atoms with Gasteiger partial charge < -0.3 is 0 Å². The molecule has 0 aliphatic carbocycles. The van der Waals surface area contributed by atoms with Gasteiger partial charge in [-0.2, -0.15) is 0 Å². The van der Waals surface area contributed by atoms with E-state index in [1.807, 2.05) is 4.93 Å². The molecule has 1 aliphatic rings. The van der Waals surface area contributed by atoms with E-state index in [4.69, 9.17) is 5.73 Å². The number of nitrogens with zero attached hydrogens (tertiary/aromatic N) is 1. The van der Waals surface area contributed by atoms with Crippen LogP contribution in [0.15, 0.2) is 15.3 Å². The molecule has 0 amide bonds. The summed E-state index contributed by atoms with van der Waals surface area (Å²) in [5.74, 6) is -0.825. The van der Waals surface area contributed by atoms with Gasteiger partial charge >= 0.3 is 81.5 Å². The summed E-state index contributed by atoms with van der Waals surface area (Å²) in [6.45, 7) is 0. The molecule has 0 aromatic heterocycles. The van der Waals surface area contributed by atoms with Crippen LogP contribution in [0.25, 0.3) is 0 Å². The first kappa shape index (κ1) is 8.86. The topological polar surface area (TPSA) is 38.4 Å². The Balaban J connectivity index is 2.70. The van der Waals surface area contributed by atoms with E-state index in [0.717, 1.165) is 6.07 Å². The second-order valence-corrected chi connectivity index (χ2v) is 6.75. The Morgan fingerprint density at radius 1 is 1.38 bits per heavy atom. The van der Waals surface area contributed by atoms with Crippen LogP contribution >= 0.6 is 20.1 Å². The minimum absolute atomic E-state index is 0.279. The summed E-state index contributed by atoms with van der Waals surface area (Å²) in [5, 5.41) is 0. The first-order valence-corrected chi connectivity index (χ1v) is 7.73. The summed E-state index contributed by atoms with van der Waals surface area (Å²) in [6, 6.07) is 2.14. The van der Waals surface area contributed by atoms with Crippen LogP contribution in [-0.2, 0) is 0 Å². The summed E-state index contributed by atoms with van der Waals surface area (Å²) < 4.78 is 30.7. The Kier molecular flexibility index (Phi) is 1.98. The van der Waals surface area contributed by atoms with E-state index in [2.05, 4.69) is 3.21 Å². The summed E-state index contributed by atoms with van der Waals surface area (Å²) in [4.78, 5) is 1.88. The third kappa shape index (κ3) is 1.31. The Morgan fingerprint density at radius 3 is 2.77 bits per heavy atom. The zero-order valence-corrected chi connectivity index (χ0v) is 8.97.